The van der Waals surface area contributed by atoms with E-state index in [9.17, 15) is 0 Å². The molecule has 0 fully saturated rings. The lowest BCUT2D eigenvalue weighted by atomic mass is 10.0. The lowest BCUT2D eigenvalue weighted by Gasteiger charge is -2.14. The van der Waals surface area contributed by atoms with Gasteiger partial charge in [-0.05, 0) is 24.8 Å². The largest absolute Gasteiger partial charge is 0.369 e. The van der Waals surface area contributed by atoms with Crippen molar-refractivity contribution in [2.75, 3.05) is 11.9 Å². The second-order valence-corrected chi connectivity index (χ2v) is 4.84. The van der Waals surface area contributed by atoms with Crippen molar-refractivity contribution in [1.29, 1.82) is 0 Å². The Hall–Kier alpha value is -1.90. The summed E-state index contributed by atoms with van der Waals surface area (Å²) in [5, 5.41) is 3.41. The van der Waals surface area contributed by atoms with Crippen LogP contribution < -0.4 is 5.32 Å². The van der Waals surface area contributed by atoms with Crippen LogP contribution in [0, 0.1) is 6.92 Å². The molecular weight excluding hydrogens is 234 g/mol. The quantitative estimate of drug-likeness (QED) is 0.887. The molecule has 0 aliphatic carbocycles. The number of aromatic nitrogens is 2. The van der Waals surface area contributed by atoms with E-state index < -0.39 is 0 Å². The molecule has 0 amide bonds. The third-order valence-corrected chi connectivity index (χ3v) is 3.21. The van der Waals surface area contributed by atoms with Gasteiger partial charge in [-0.1, -0.05) is 44.2 Å². The molecule has 1 unspecified atom stereocenters. The Balaban J connectivity index is 2.01. The van der Waals surface area contributed by atoms with E-state index in [0.717, 1.165) is 30.3 Å². The molecule has 2 rings (SSSR count). The molecule has 1 heterocycles. The van der Waals surface area contributed by atoms with E-state index in [4.69, 9.17) is 0 Å². The third-order valence-electron chi connectivity index (χ3n) is 3.21. The fourth-order valence-electron chi connectivity index (χ4n) is 2.06. The monoisotopic (exact) mass is 255 g/mol. The minimum Gasteiger partial charge on any atom is -0.369 e. The predicted molar refractivity (Wildman–Crippen MR) is 79.5 cm³/mol. The van der Waals surface area contributed by atoms with Gasteiger partial charge in [-0.15, -0.1) is 0 Å². The maximum absolute atomic E-state index is 4.43. The van der Waals surface area contributed by atoms with Crippen LogP contribution in [0.4, 0.5) is 5.82 Å². The summed E-state index contributed by atoms with van der Waals surface area (Å²) < 4.78 is 0. The van der Waals surface area contributed by atoms with Gasteiger partial charge in [-0.3, -0.25) is 0 Å². The standard InChI is InChI=1S/C16H21N3/c1-4-15-10-16(19-13(3)18-15)17-11-12(2)14-8-6-5-7-9-14/h5-10,12H,4,11H2,1-3H3,(H,17,18,19). The number of nitrogens with zero attached hydrogens (tertiary/aromatic N) is 2. The Morgan fingerprint density at radius 2 is 1.89 bits per heavy atom. The molecule has 100 valence electrons. The Labute approximate surface area is 115 Å². The second kappa shape index (κ2) is 6.32. The molecule has 0 saturated heterocycles. The van der Waals surface area contributed by atoms with Gasteiger partial charge in [0, 0.05) is 18.3 Å². The van der Waals surface area contributed by atoms with Gasteiger partial charge in [-0.25, -0.2) is 9.97 Å². The zero-order valence-electron chi connectivity index (χ0n) is 11.9. The van der Waals surface area contributed by atoms with Crippen LogP contribution in [0.5, 0.6) is 0 Å². The van der Waals surface area contributed by atoms with Crippen molar-refractivity contribution < 1.29 is 0 Å². The molecule has 1 N–H and O–H groups in total. The van der Waals surface area contributed by atoms with Crippen molar-refractivity contribution in [2.45, 2.75) is 33.1 Å². The molecule has 1 aromatic carbocycles. The van der Waals surface area contributed by atoms with E-state index >= 15 is 0 Å². The SMILES string of the molecule is CCc1cc(NCC(C)c2ccccc2)nc(C)n1. The van der Waals surface area contributed by atoms with Crippen molar-refractivity contribution in [3.63, 3.8) is 0 Å². The van der Waals surface area contributed by atoms with Crippen LogP contribution in [-0.2, 0) is 6.42 Å². The van der Waals surface area contributed by atoms with Crippen LogP contribution in [0.2, 0.25) is 0 Å². The van der Waals surface area contributed by atoms with Crippen molar-refractivity contribution in [2.24, 2.45) is 0 Å². The number of aryl methyl sites for hydroxylation is 2. The van der Waals surface area contributed by atoms with E-state index in [1.165, 1.54) is 5.56 Å². The van der Waals surface area contributed by atoms with Gasteiger partial charge in [-0.2, -0.15) is 0 Å². The molecule has 0 radical (unpaired) electrons. The molecule has 2 aromatic rings. The number of rotatable bonds is 5. The summed E-state index contributed by atoms with van der Waals surface area (Å²) in [4.78, 5) is 8.81. The van der Waals surface area contributed by atoms with Crippen molar-refractivity contribution in [1.82, 2.24) is 9.97 Å². The Morgan fingerprint density at radius 3 is 2.58 bits per heavy atom. The average molecular weight is 255 g/mol. The number of benzene rings is 1. The van der Waals surface area contributed by atoms with Crippen molar-refractivity contribution in [3.8, 4) is 0 Å². The van der Waals surface area contributed by atoms with E-state index in [1.54, 1.807) is 0 Å². The molecule has 3 nitrogen and oxygen atoms in total. The Kier molecular flexibility index (Phi) is 4.50. The molecule has 19 heavy (non-hydrogen) atoms. The fraction of sp³-hybridized carbons (Fsp3) is 0.375. The van der Waals surface area contributed by atoms with E-state index in [1.807, 2.05) is 19.1 Å². The maximum atomic E-state index is 4.43. The molecule has 3 heteroatoms. The zero-order chi connectivity index (χ0) is 13.7. The van der Waals surface area contributed by atoms with Crippen LogP contribution >= 0.6 is 0 Å². The highest BCUT2D eigenvalue weighted by atomic mass is 15.0. The smallest absolute Gasteiger partial charge is 0.129 e. The van der Waals surface area contributed by atoms with Gasteiger partial charge in [0.15, 0.2) is 0 Å². The van der Waals surface area contributed by atoms with Gasteiger partial charge < -0.3 is 5.32 Å². The minimum atomic E-state index is 0.460. The topological polar surface area (TPSA) is 37.8 Å². The molecular formula is C16H21N3. The van der Waals surface area contributed by atoms with Gasteiger partial charge in [0.25, 0.3) is 0 Å². The molecule has 0 bridgehead atoms. The summed E-state index contributed by atoms with van der Waals surface area (Å²) in [5.74, 6) is 2.21. The second-order valence-electron chi connectivity index (χ2n) is 4.84. The van der Waals surface area contributed by atoms with E-state index in [0.29, 0.717) is 5.92 Å². The van der Waals surface area contributed by atoms with E-state index in [2.05, 4.69) is 53.4 Å². The highest BCUT2D eigenvalue weighted by Gasteiger charge is 2.06. The Bertz CT molecular complexity index is 523. The summed E-state index contributed by atoms with van der Waals surface area (Å²) in [6.45, 7) is 7.14. The van der Waals surface area contributed by atoms with Crippen molar-refractivity contribution in [3.05, 3.63) is 53.5 Å². The average Bonchev–Trinajstić information content (AvgIpc) is 2.45. The van der Waals surface area contributed by atoms with Crippen LogP contribution in [0.25, 0.3) is 0 Å². The van der Waals surface area contributed by atoms with Crippen LogP contribution in [0.1, 0.15) is 36.8 Å². The van der Waals surface area contributed by atoms with Gasteiger partial charge in [0.05, 0.1) is 0 Å². The first-order valence-corrected chi connectivity index (χ1v) is 6.82. The summed E-state index contributed by atoms with van der Waals surface area (Å²) in [7, 11) is 0. The summed E-state index contributed by atoms with van der Waals surface area (Å²) in [6.07, 6.45) is 0.937. The summed E-state index contributed by atoms with van der Waals surface area (Å²) >= 11 is 0. The molecule has 0 saturated carbocycles. The van der Waals surface area contributed by atoms with Gasteiger partial charge in [0.1, 0.15) is 11.6 Å². The molecule has 0 spiro atoms. The summed E-state index contributed by atoms with van der Waals surface area (Å²) in [5.41, 5.74) is 2.43. The third kappa shape index (κ3) is 3.78. The first kappa shape index (κ1) is 13.5. The maximum Gasteiger partial charge on any atom is 0.129 e. The molecule has 0 aliphatic rings. The molecule has 1 atom stereocenters. The number of anilines is 1. The first-order chi connectivity index (χ1) is 9.19. The normalized spacial score (nSPS) is 12.2. The van der Waals surface area contributed by atoms with Crippen LogP contribution in [0.15, 0.2) is 36.4 Å². The number of hydrogen-bond donors (Lipinski definition) is 1. The van der Waals surface area contributed by atoms with Gasteiger partial charge >= 0.3 is 0 Å². The fourth-order valence-corrected chi connectivity index (χ4v) is 2.06. The Morgan fingerprint density at radius 1 is 1.16 bits per heavy atom. The first-order valence-electron chi connectivity index (χ1n) is 6.82. The van der Waals surface area contributed by atoms with Gasteiger partial charge in [0.2, 0.25) is 0 Å². The number of hydrogen-bond acceptors (Lipinski definition) is 3. The zero-order valence-corrected chi connectivity index (χ0v) is 11.9. The van der Waals surface area contributed by atoms with Crippen molar-refractivity contribution >= 4 is 5.82 Å². The number of nitrogens with one attached hydrogen (secondary N) is 1. The van der Waals surface area contributed by atoms with Crippen LogP contribution in [-0.4, -0.2) is 16.5 Å². The lowest BCUT2D eigenvalue weighted by molar-refractivity contribution is 0.798. The molecule has 1 aromatic heterocycles. The molecule has 0 aliphatic heterocycles. The highest BCUT2D eigenvalue weighted by molar-refractivity contribution is 5.37. The minimum absolute atomic E-state index is 0.460. The lowest BCUT2D eigenvalue weighted by Crippen LogP contribution is -2.12. The summed E-state index contributed by atoms with van der Waals surface area (Å²) in [6, 6.07) is 12.6. The van der Waals surface area contributed by atoms with Crippen LogP contribution in [0.3, 0.4) is 0 Å². The highest BCUT2D eigenvalue weighted by Crippen LogP contribution is 2.15. The van der Waals surface area contributed by atoms with E-state index in [-0.39, 0.29) is 0 Å². The predicted octanol–water partition coefficient (Wildman–Crippen LogP) is 3.56.